The summed E-state index contributed by atoms with van der Waals surface area (Å²) in [6, 6.07) is 20.9. The molecule has 1 aliphatic heterocycles. The van der Waals surface area contributed by atoms with Gasteiger partial charge in [0.1, 0.15) is 11.9 Å². The number of likely N-dealkylation sites (N-methyl/N-ethyl adjacent to an activating group) is 1. The number of rotatable bonds is 3. The summed E-state index contributed by atoms with van der Waals surface area (Å²) in [7, 11) is 2.19. The van der Waals surface area contributed by atoms with Crippen molar-refractivity contribution in [3.05, 3.63) is 66.2 Å². The van der Waals surface area contributed by atoms with Gasteiger partial charge in [0.05, 0.1) is 0 Å². The molecule has 2 heteroatoms. The molecule has 0 amide bonds. The lowest BCUT2D eigenvalue weighted by Crippen LogP contribution is -2.42. The Morgan fingerprint density at radius 2 is 1.60 bits per heavy atom. The van der Waals surface area contributed by atoms with Crippen LogP contribution in [0.4, 0.5) is 0 Å². The molecule has 2 nitrogen and oxygen atoms in total. The summed E-state index contributed by atoms with van der Waals surface area (Å²) < 4.78 is 6.24. The van der Waals surface area contributed by atoms with E-state index < -0.39 is 0 Å². The Labute approximate surface area is 121 Å². The molecule has 1 aliphatic rings. The summed E-state index contributed by atoms with van der Waals surface area (Å²) in [6.07, 6.45) is 1.33. The van der Waals surface area contributed by atoms with E-state index in [1.807, 2.05) is 30.3 Å². The molecule has 1 fully saturated rings. The number of ether oxygens (including phenoxy) is 1. The molecule has 0 saturated carbocycles. The van der Waals surface area contributed by atoms with Gasteiger partial charge in [-0.1, -0.05) is 48.5 Å². The Morgan fingerprint density at radius 3 is 2.30 bits per heavy atom. The van der Waals surface area contributed by atoms with Gasteiger partial charge in [-0.2, -0.15) is 0 Å². The zero-order valence-electron chi connectivity index (χ0n) is 11.9. The standard InChI is InChI=1S/C18H21NO/c1-19-13-12-18(20-16-10-6-3-7-11-16)17(14-19)15-8-4-2-5-9-15/h2-11,17-18H,12-14H2,1H3. The highest BCUT2D eigenvalue weighted by Gasteiger charge is 2.30. The van der Waals surface area contributed by atoms with E-state index in [1.54, 1.807) is 0 Å². The van der Waals surface area contributed by atoms with Crippen LogP contribution in [0.1, 0.15) is 17.9 Å². The van der Waals surface area contributed by atoms with Crippen molar-refractivity contribution in [3.63, 3.8) is 0 Å². The van der Waals surface area contributed by atoms with Crippen molar-refractivity contribution in [1.29, 1.82) is 0 Å². The molecule has 2 aromatic carbocycles. The van der Waals surface area contributed by atoms with Crippen LogP contribution in [0.15, 0.2) is 60.7 Å². The van der Waals surface area contributed by atoms with E-state index >= 15 is 0 Å². The number of hydrogen-bond acceptors (Lipinski definition) is 2. The van der Waals surface area contributed by atoms with Crippen molar-refractivity contribution in [3.8, 4) is 5.75 Å². The van der Waals surface area contributed by atoms with Crippen molar-refractivity contribution < 1.29 is 4.74 Å². The van der Waals surface area contributed by atoms with E-state index in [1.165, 1.54) is 5.56 Å². The fourth-order valence-electron chi connectivity index (χ4n) is 2.93. The maximum Gasteiger partial charge on any atom is 0.119 e. The second kappa shape index (κ2) is 6.10. The quantitative estimate of drug-likeness (QED) is 0.843. The maximum absolute atomic E-state index is 6.24. The van der Waals surface area contributed by atoms with E-state index in [0.29, 0.717) is 5.92 Å². The first kappa shape index (κ1) is 13.2. The third kappa shape index (κ3) is 3.02. The van der Waals surface area contributed by atoms with Crippen LogP contribution >= 0.6 is 0 Å². The molecule has 0 radical (unpaired) electrons. The zero-order chi connectivity index (χ0) is 13.8. The minimum atomic E-state index is 0.260. The third-order valence-corrected chi connectivity index (χ3v) is 4.01. The molecule has 0 bridgehead atoms. The largest absolute Gasteiger partial charge is 0.490 e. The van der Waals surface area contributed by atoms with Crippen molar-refractivity contribution >= 4 is 0 Å². The van der Waals surface area contributed by atoms with Crippen molar-refractivity contribution in [2.24, 2.45) is 0 Å². The van der Waals surface area contributed by atoms with Gasteiger partial charge in [-0.25, -0.2) is 0 Å². The molecule has 0 aromatic heterocycles. The van der Waals surface area contributed by atoms with Gasteiger partial charge in [-0.3, -0.25) is 0 Å². The SMILES string of the molecule is CN1CCC(Oc2ccccc2)C(c2ccccc2)C1. The average molecular weight is 267 g/mol. The summed E-state index contributed by atoms with van der Waals surface area (Å²) >= 11 is 0. The number of likely N-dealkylation sites (tertiary alicyclic amines) is 1. The third-order valence-electron chi connectivity index (χ3n) is 4.01. The second-order valence-corrected chi connectivity index (χ2v) is 5.54. The molecular formula is C18H21NO. The smallest absolute Gasteiger partial charge is 0.119 e. The zero-order valence-corrected chi connectivity index (χ0v) is 11.9. The highest BCUT2D eigenvalue weighted by molar-refractivity contribution is 5.25. The van der Waals surface area contributed by atoms with Gasteiger partial charge in [-0.05, 0) is 31.2 Å². The Kier molecular flexibility index (Phi) is 4.03. The molecule has 2 aromatic rings. The number of nitrogens with zero attached hydrogens (tertiary/aromatic N) is 1. The van der Waals surface area contributed by atoms with Crippen LogP contribution in [-0.4, -0.2) is 31.1 Å². The predicted molar refractivity (Wildman–Crippen MR) is 82.2 cm³/mol. The first-order valence-corrected chi connectivity index (χ1v) is 7.28. The van der Waals surface area contributed by atoms with Crippen LogP contribution < -0.4 is 4.74 Å². The van der Waals surface area contributed by atoms with Crippen molar-refractivity contribution in [1.82, 2.24) is 4.90 Å². The maximum atomic E-state index is 6.24. The minimum Gasteiger partial charge on any atom is -0.490 e. The number of hydrogen-bond donors (Lipinski definition) is 0. The van der Waals surface area contributed by atoms with E-state index in [9.17, 15) is 0 Å². The Hall–Kier alpha value is -1.80. The summed E-state index contributed by atoms with van der Waals surface area (Å²) in [4.78, 5) is 2.39. The van der Waals surface area contributed by atoms with Crippen LogP contribution in [-0.2, 0) is 0 Å². The molecule has 1 heterocycles. The predicted octanol–water partition coefficient (Wildman–Crippen LogP) is 3.55. The topological polar surface area (TPSA) is 12.5 Å². The number of benzene rings is 2. The normalized spacial score (nSPS) is 23.4. The van der Waals surface area contributed by atoms with Gasteiger partial charge in [0.15, 0.2) is 0 Å². The summed E-state index contributed by atoms with van der Waals surface area (Å²) in [5.41, 5.74) is 1.37. The summed E-state index contributed by atoms with van der Waals surface area (Å²) in [5.74, 6) is 1.41. The molecule has 2 unspecified atom stereocenters. The highest BCUT2D eigenvalue weighted by atomic mass is 16.5. The Morgan fingerprint density at radius 1 is 0.950 bits per heavy atom. The van der Waals surface area contributed by atoms with Crippen LogP contribution in [0.25, 0.3) is 0 Å². The molecule has 2 atom stereocenters. The first-order valence-electron chi connectivity index (χ1n) is 7.28. The summed E-state index contributed by atoms with van der Waals surface area (Å²) in [6.45, 7) is 2.16. The van der Waals surface area contributed by atoms with Crippen molar-refractivity contribution in [2.45, 2.75) is 18.4 Å². The highest BCUT2D eigenvalue weighted by Crippen LogP contribution is 2.30. The Bertz CT molecular complexity index is 526. The molecular weight excluding hydrogens is 246 g/mol. The Balaban J connectivity index is 1.80. The lowest BCUT2D eigenvalue weighted by molar-refractivity contribution is 0.0902. The lowest BCUT2D eigenvalue weighted by atomic mass is 9.88. The van der Waals surface area contributed by atoms with Crippen LogP contribution in [0.2, 0.25) is 0 Å². The van der Waals surface area contributed by atoms with Gasteiger partial charge in [0.2, 0.25) is 0 Å². The van der Waals surface area contributed by atoms with Crippen LogP contribution in [0, 0.1) is 0 Å². The fourth-order valence-corrected chi connectivity index (χ4v) is 2.93. The van der Waals surface area contributed by atoms with Gasteiger partial charge >= 0.3 is 0 Å². The van der Waals surface area contributed by atoms with Gasteiger partial charge in [-0.15, -0.1) is 0 Å². The molecule has 20 heavy (non-hydrogen) atoms. The number of para-hydroxylation sites is 1. The van der Waals surface area contributed by atoms with E-state index in [-0.39, 0.29) is 6.10 Å². The molecule has 0 aliphatic carbocycles. The molecule has 1 saturated heterocycles. The average Bonchev–Trinajstić information content (AvgIpc) is 2.51. The molecule has 0 spiro atoms. The lowest BCUT2D eigenvalue weighted by Gasteiger charge is -2.37. The van der Waals surface area contributed by atoms with E-state index in [0.717, 1.165) is 25.3 Å². The molecule has 3 rings (SSSR count). The van der Waals surface area contributed by atoms with E-state index in [4.69, 9.17) is 4.74 Å². The van der Waals surface area contributed by atoms with Gasteiger partial charge < -0.3 is 9.64 Å². The first-order chi connectivity index (χ1) is 9.83. The van der Waals surface area contributed by atoms with Crippen molar-refractivity contribution in [2.75, 3.05) is 20.1 Å². The van der Waals surface area contributed by atoms with Crippen LogP contribution in [0.5, 0.6) is 5.75 Å². The molecule has 0 N–H and O–H groups in total. The van der Waals surface area contributed by atoms with Gasteiger partial charge in [0.25, 0.3) is 0 Å². The van der Waals surface area contributed by atoms with Gasteiger partial charge in [0, 0.05) is 19.0 Å². The van der Waals surface area contributed by atoms with Crippen LogP contribution in [0.3, 0.4) is 0 Å². The monoisotopic (exact) mass is 267 g/mol. The minimum absolute atomic E-state index is 0.260. The molecule has 104 valence electrons. The summed E-state index contributed by atoms with van der Waals surface area (Å²) in [5, 5.41) is 0. The second-order valence-electron chi connectivity index (χ2n) is 5.54. The van der Waals surface area contributed by atoms with E-state index in [2.05, 4.69) is 42.3 Å². The number of piperidine rings is 1. The fraction of sp³-hybridized carbons (Fsp3) is 0.333.